The zero-order valence-corrected chi connectivity index (χ0v) is 13.3. The van der Waals surface area contributed by atoms with Crippen LogP contribution in [0.4, 0.5) is 10.5 Å². The van der Waals surface area contributed by atoms with E-state index >= 15 is 0 Å². The van der Waals surface area contributed by atoms with Crippen LogP contribution >= 0.6 is 11.6 Å². The van der Waals surface area contributed by atoms with Crippen LogP contribution in [0.2, 0.25) is 5.02 Å². The van der Waals surface area contributed by atoms with Crippen molar-refractivity contribution in [3.8, 4) is 0 Å². The normalized spacial score (nSPS) is 21.1. The standard InChI is InChI=1S/C16H20ClN3O2/c1-10-3-2-4-13(17)15(10)19-16(22)18-8-11-7-14(21)20(9-11)12-5-6-12/h2-4,11-12H,5-9H2,1H3,(H2,18,19,22)/t11-/m1/s1. The molecule has 3 amide bonds. The maximum absolute atomic E-state index is 12.0. The van der Waals surface area contributed by atoms with E-state index in [1.807, 2.05) is 24.0 Å². The summed E-state index contributed by atoms with van der Waals surface area (Å²) in [5.74, 6) is 0.419. The molecule has 22 heavy (non-hydrogen) atoms. The Morgan fingerprint density at radius 1 is 1.41 bits per heavy atom. The number of benzene rings is 1. The van der Waals surface area contributed by atoms with Gasteiger partial charge in [0, 0.05) is 31.5 Å². The molecule has 1 saturated heterocycles. The van der Waals surface area contributed by atoms with Gasteiger partial charge < -0.3 is 15.5 Å². The van der Waals surface area contributed by atoms with E-state index in [1.54, 1.807) is 6.07 Å². The predicted octanol–water partition coefficient (Wildman–Crippen LogP) is 2.78. The van der Waals surface area contributed by atoms with Gasteiger partial charge in [0.1, 0.15) is 0 Å². The third-order valence-electron chi connectivity index (χ3n) is 4.24. The lowest BCUT2D eigenvalue weighted by atomic mass is 10.1. The van der Waals surface area contributed by atoms with Gasteiger partial charge in [0.15, 0.2) is 0 Å². The summed E-state index contributed by atoms with van der Waals surface area (Å²) >= 11 is 6.09. The van der Waals surface area contributed by atoms with Crippen molar-refractivity contribution >= 4 is 29.2 Å². The zero-order valence-electron chi connectivity index (χ0n) is 12.6. The number of carbonyl (C=O) groups is 2. The molecule has 1 atom stereocenters. The number of aryl methyl sites for hydroxylation is 1. The predicted molar refractivity (Wildman–Crippen MR) is 86.1 cm³/mol. The molecule has 6 heteroatoms. The molecule has 1 aliphatic carbocycles. The van der Waals surface area contributed by atoms with Crippen LogP contribution in [0.5, 0.6) is 0 Å². The van der Waals surface area contributed by atoms with Crippen molar-refractivity contribution in [3.63, 3.8) is 0 Å². The van der Waals surface area contributed by atoms with E-state index < -0.39 is 0 Å². The minimum Gasteiger partial charge on any atom is -0.339 e. The Labute approximate surface area is 135 Å². The SMILES string of the molecule is Cc1cccc(Cl)c1NC(=O)NC[C@H]1CC(=O)N(C2CC2)C1. The molecular formula is C16H20ClN3O2. The first-order valence-electron chi connectivity index (χ1n) is 7.64. The zero-order chi connectivity index (χ0) is 15.7. The minimum absolute atomic E-state index is 0.200. The largest absolute Gasteiger partial charge is 0.339 e. The van der Waals surface area contributed by atoms with E-state index in [0.717, 1.165) is 24.9 Å². The van der Waals surface area contributed by atoms with Crippen LogP contribution in [0.25, 0.3) is 0 Å². The molecule has 0 spiro atoms. The Hall–Kier alpha value is -1.75. The van der Waals surface area contributed by atoms with Gasteiger partial charge >= 0.3 is 6.03 Å². The van der Waals surface area contributed by atoms with Crippen LogP contribution in [0.1, 0.15) is 24.8 Å². The van der Waals surface area contributed by atoms with E-state index in [4.69, 9.17) is 11.6 Å². The van der Waals surface area contributed by atoms with Crippen LogP contribution < -0.4 is 10.6 Å². The number of carbonyl (C=O) groups excluding carboxylic acids is 2. The quantitative estimate of drug-likeness (QED) is 0.895. The van der Waals surface area contributed by atoms with Gasteiger partial charge in [-0.3, -0.25) is 4.79 Å². The number of amides is 3. The van der Waals surface area contributed by atoms with Gasteiger partial charge in [0.25, 0.3) is 0 Å². The fraction of sp³-hybridized carbons (Fsp3) is 0.500. The Kier molecular flexibility index (Phi) is 4.25. The number of hydrogen-bond donors (Lipinski definition) is 2. The second-order valence-corrected chi connectivity index (χ2v) is 6.52. The van der Waals surface area contributed by atoms with E-state index in [2.05, 4.69) is 10.6 Å². The molecule has 2 N–H and O–H groups in total. The molecule has 2 aliphatic rings. The van der Waals surface area contributed by atoms with Crippen LogP contribution in [-0.4, -0.2) is 36.0 Å². The molecular weight excluding hydrogens is 302 g/mol. The lowest BCUT2D eigenvalue weighted by molar-refractivity contribution is -0.128. The maximum Gasteiger partial charge on any atom is 0.319 e. The lowest BCUT2D eigenvalue weighted by Crippen LogP contribution is -2.34. The van der Waals surface area contributed by atoms with Crippen LogP contribution in [-0.2, 0) is 4.79 Å². The summed E-state index contributed by atoms with van der Waals surface area (Å²) in [4.78, 5) is 25.8. The summed E-state index contributed by atoms with van der Waals surface area (Å²) in [6, 6.07) is 5.65. The van der Waals surface area contributed by atoms with Crippen molar-refractivity contribution in [3.05, 3.63) is 28.8 Å². The maximum atomic E-state index is 12.0. The highest BCUT2D eigenvalue weighted by Crippen LogP contribution is 2.32. The third kappa shape index (κ3) is 3.35. The highest BCUT2D eigenvalue weighted by molar-refractivity contribution is 6.33. The third-order valence-corrected chi connectivity index (χ3v) is 4.55. The molecule has 3 rings (SSSR count). The Morgan fingerprint density at radius 2 is 2.18 bits per heavy atom. The number of anilines is 1. The van der Waals surface area contributed by atoms with Crippen molar-refractivity contribution in [2.24, 2.45) is 5.92 Å². The van der Waals surface area contributed by atoms with E-state index in [1.165, 1.54) is 0 Å². The van der Waals surface area contributed by atoms with Gasteiger partial charge in [-0.1, -0.05) is 23.7 Å². The summed E-state index contributed by atoms with van der Waals surface area (Å²) < 4.78 is 0. The van der Waals surface area contributed by atoms with Gasteiger partial charge in [-0.2, -0.15) is 0 Å². The summed E-state index contributed by atoms with van der Waals surface area (Å²) in [7, 11) is 0. The first-order chi connectivity index (χ1) is 10.5. The number of halogens is 1. The van der Waals surface area contributed by atoms with Crippen LogP contribution in [0.3, 0.4) is 0 Å². The number of urea groups is 1. The first kappa shape index (κ1) is 15.2. The lowest BCUT2D eigenvalue weighted by Gasteiger charge is -2.16. The molecule has 1 aromatic carbocycles. The molecule has 0 radical (unpaired) electrons. The number of hydrogen-bond acceptors (Lipinski definition) is 2. The molecule has 2 fully saturated rings. The second kappa shape index (κ2) is 6.16. The average Bonchev–Trinajstić information content (AvgIpc) is 3.24. The minimum atomic E-state index is -0.284. The molecule has 1 aromatic rings. The first-order valence-corrected chi connectivity index (χ1v) is 8.02. The van der Waals surface area contributed by atoms with Gasteiger partial charge in [-0.05, 0) is 31.4 Å². The molecule has 0 aromatic heterocycles. The van der Waals surface area contributed by atoms with Gasteiger partial charge in [-0.25, -0.2) is 4.79 Å². The second-order valence-electron chi connectivity index (χ2n) is 6.11. The Morgan fingerprint density at radius 3 is 2.86 bits per heavy atom. The van der Waals surface area contributed by atoms with Crippen LogP contribution in [0, 0.1) is 12.8 Å². The molecule has 0 unspecified atom stereocenters. The monoisotopic (exact) mass is 321 g/mol. The van der Waals surface area contributed by atoms with E-state index in [-0.39, 0.29) is 17.9 Å². The van der Waals surface area contributed by atoms with Crippen molar-refractivity contribution in [1.82, 2.24) is 10.2 Å². The summed E-state index contributed by atoms with van der Waals surface area (Å²) in [6.45, 7) is 3.16. The number of nitrogens with one attached hydrogen (secondary N) is 2. The number of likely N-dealkylation sites (tertiary alicyclic amines) is 1. The topological polar surface area (TPSA) is 61.4 Å². The number of nitrogens with zero attached hydrogens (tertiary/aromatic N) is 1. The van der Waals surface area contributed by atoms with E-state index in [9.17, 15) is 9.59 Å². The van der Waals surface area contributed by atoms with Crippen molar-refractivity contribution < 1.29 is 9.59 Å². The van der Waals surface area contributed by atoms with Gasteiger partial charge in [0.2, 0.25) is 5.91 Å². The smallest absolute Gasteiger partial charge is 0.319 e. The number of rotatable bonds is 4. The summed E-state index contributed by atoms with van der Waals surface area (Å²) in [5.41, 5.74) is 1.54. The summed E-state index contributed by atoms with van der Waals surface area (Å²) in [6.07, 6.45) is 2.78. The van der Waals surface area contributed by atoms with Crippen molar-refractivity contribution in [1.29, 1.82) is 0 Å². The molecule has 0 bridgehead atoms. The molecule has 5 nitrogen and oxygen atoms in total. The molecule has 1 heterocycles. The highest BCUT2D eigenvalue weighted by atomic mass is 35.5. The fourth-order valence-corrected chi connectivity index (χ4v) is 3.14. The van der Waals surface area contributed by atoms with E-state index in [0.29, 0.717) is 29.7 Å². The van der Waals surface area contributed by atoms with Crippen molar-refractivity contribution in [2.75, 3.05) is 18.4 Å². The highest BCUT2D eigenvalue weighted by Gasteiger charge is 2.39. The van der Waals surface area contributed by atoms with Gasteiger partial charge in [0.05, 0.1) is 10.7 Å². The number of para-hydroxylation sites is 1. The molecule has 1 saturated carbocycles. The Bertz CT molecular complexity index is 581. The van der Waals surface area contributed by atoms with Crippen LogP contribution in [0.15, 0.2) is 18.2 Å². The van der Waals surface area contributed by atoms with Gasteiger partial charge in [-0.15, -0.1) is 0 Å². The Balaban J connectivity index is 1.49. The fourth-order valence-electron chi connectivity index (χ4n) is 2.87. The average molecular weight is 322 g/mol. The molecule has 118 valence electrons. The molecule has 1 aliphatic heterocycles. The summed E-state index contributed by atoms with van der Waals surface area (Å²) in [5, 5.41) is 6.14. The van der Waals surface area contributed by atoms with Crippen molar-refractivity contribution in [2.45, 2.75) is 32.2 Å².